The van der Waals surface area contributed by atoms with Crippen LogP contribution in [0.15, 0.2) is 77.8 Å². The highest BCUT2D eigenvalue weighted by atomic mass is 35.5. The van der Waals surface area contributed by atoms with Crippen molar-refractivity contribution < 1.29 is 9.90 Å². The van der Waals surface area contributed by atoms with Gasteiger partial charge in [0.05, 0.1) is 28.3 Å². The van der Waals surface area contributed by atoms with Crippen LogP contribution >= 0.6 is 23.2 Å². The average Bonchev–Trinajstić information content (AvgIpc) is 2.94. The topological polar surface area (TPSA) is 55.7 Å². The average molecular weight is 450 g/mol. The summed E-state index contributed by atoms with van der Waals surface area (Å²) in [6.07, 6.45) is 3.95. The number of carbonyl (C=O) groups is 1. The van der Waals surface area contributed by atoms with Crippen molar-refractivity contribution in [1.82, 2.24) is 0 Å². The molecule has 0 bridgehead atoms. The van der Waals surface area contributed by atoms with Gasteiger partial charge in [0.1, 0.15) is 0 Å². The lowest BCUT2D eigenvalue weighted by Gasteiger charge is -2.25. The highest BCUT2D eigenvalue weighted by Crippen LogP contribution is 2.27. The second-order valence-corrected chi connectivity index (χ2v) is 8.01. The molecule has 0 atom stereocenters. The first-order valence-electron chi connectivity index (χ1n) is 9.83. The van der Waals surface area contributed by atoms with E-state index in [1.54, 1.807) is 24.3 Å². The van der Waals surface area contributed by atoms with Gasteiger partial charge in [-0.05, 0) is 47.0 Å². The van der Waals surface area contributed by atoms with Gasteiger partial charge in [-0.1, -0.05) is 71.7 Å². The number of aliphatic imine (C=N–C) groups is 1. The normalized spacial score (nSPS) is 13.6. The zero-order chi connectivity index (χ0) is 21.8. The third kappa shape index (κ3) is 4.98. The molecule has 0 aromatic heterocycles. The monoisotopic (exact) mass is 449 g/mol. The van der Waals surface area contributed by atoms with Crippen LogP contribution in [0.1, 0.15) is 27.0 Å². The number of carbonyl (C=O) groups excluding carboxylic acids is 1. The van der Waals surface area contributed by atoms with Crippen LogP contribution in [0.4, 0.5) is 5.69 Å². The summed E-state index contributed by atoms with van der Waals surface area (Å²) in [5.74, 6) is -1.17. The van der Waals surface area contributed by atoms with Crippen molar-refractivity contribution in [3.05, 3.63) is 105 Å². The molecule has 0 spiro atoms. The SMILES string of the molecule is O=C([O-])c1cccc(CN2CCN=C(/C=C/c3ccc(Cl)c(Cl)c3)c3ccccc32)c1. The van der Waals surface area contributed by atoms with Crippen LogP contribution in [-0.2, 0) is 6.54 Å². The lowest BCUT2D eigenvalue weighted by Crippen LogP contribution is -2.26. The van der Waals surface area contributed by atoms with E-state index >= 15 is 0 Å². The fraction of sp³-hybridized carbons (Fsp3) is 0.120. The standard InChI is InChI=1S/C25H20Cl2N2O2/c26-21-10-8-17(15-22(21)27)9-11-23-20-6-1-2-7-24(20)29(13-12-28-23)16-18-4-3-5-19(14-18)25(30)31/h1-11,14-15H,12-13,16H2,(H,30,31)/p-1/b11-9+. The third-order valence-electron chi connectivity index (χ3n) is 5.09. The minimum absolute atomic E-state index is 0.183. The van der Waals surface area contributed by atoms with E-state index in [-0.39, 0.29) is 5.56 Å². The molecule has 0 aliphatic carbocycles. The smallest absolute Gasteiger partial charge is 0.0715 e. The lowest BCUT2D eigenvalue weighted by molar-refractivity contribution is -0.255. The largest absolute Gasteiger partial charge is 0.545 e. The number of benzodiazepines with no additional fused rings is 1. The molecule has 31 heavy (non-hydrogen) atoms. The molecule has 1 heterocycles. The molecule has 3 aromatic rings. The van der Waals surface area contributed by atoms with Gasteiger partial charge in [-0.15, -0.1) is 0 Å². The summed E-state index contributed by atoms with van der Waals surface area (Å²) in [5, 5.41) is 12.2. The number of anilines is 1. The predicted octanol–water partition coefficient (Wildman–Crippen LogP) is 4.88. The van der Waals surface area contributed by atoms with Crippen molar-refractivity contribution in [2.75, 3.05) is 18.0 Å². The number of rotatable bonds is 5. The molecular formula is C25H19Cl2N2O2-. The molecule has 4 nitrogen and oxygen atoms in total. The summed E-state index contributed by atoms with van der Waals surface area (Å²) in [6.45, 7) is 1.92. The summed E-state index contributed by atoms with van der Waals surface area (Å²) >= 11 is 12.1. The van der Waals surface area contributed by atoms with E-state index in [0.717, 1.165) is 34.6 Å². The minimum Gasteiger partial charge on any atom is -0.545 e. The molecule has 6 heteroatoms. The highest BCUT2D eigenvalue weighted by Gasteiger charge is 2.17. The Kier molecular flexibility index (Phi) is 6.40. The van der Waals surface area contributed by atoms with Crippen LogP contribution in [0.5, 0.6) is 0 Å². The van der Waals surface area contributed by atoms with Crippen LogP contribution in [0, 0.1) is 0 Å². The number of halogens is 2. The number of allylic oxidation sites excluding steroid dienone is 1. The molecule has 0 amide bonds. The van der Waals surface area contributed by atoms with Crippen LogP contribution in [-0.4, -0.2) is 24.8 Å². The van der Waals surface area contributed by atoms with E-state index in [0.29, 0.717) is 23.1 Å². The maximum atomic E-state index is 11.2. The fourth-order valence-corrected chi connectivity index (χ4v) is 3.88. The Hall–Kier alpha value is -3.08. The molecule has 1 aliphatic heterocycles. The molecule has 0 fully saturated rings. The Morgan fingerprint density at radius 3 is 2.65 bits per heavy atom. The highest BCUT2D eigenvalue weighted by molar-refractivity contribution is 6.42. The van der Waals surface area contributed by atoms with E-state index in [1.807, 2.05) is 48.6 Å². The van der Waals surface area contributed by atoms with Gasteiger partial charge in [-0.25, -0.2) is 0 Å². The van der Waals surface area contributed by atoms with Gasteiger partial charge >= 0.3 is 0 Å². The molecule has 156 valence electrons. The Balaban J connectivity index is 1.62. The quantitative estimate of drug-likeness (QED) is 0.557. The number of hydrogen-bond acceptors (Lipinski definition) is 4. The molecule has 1 aliphatic rings. The van der Waals surface area contributed by atoms with Gasteiger partial charge in [0.25, 0.3) is 0 Å². The van der Waals surface area contributed by atoms with Crippen LogP contribution in [0.3, 0.4) is 0 Å². The van der Waals surface area contributed by atoms with E-state index < -0.39 is 5.97 Å². The lowest BCUT2D eigenvalue weighted by atomic mass is 10.0. The van der Waals surface area contributed by atoms with Gasteiger partial charge in [-0.2, -0.15) is 0 Å². The van der Waals surface area contributed by atoms with E-state index in [4.69, 9.17) is 28.2 Å². The summed E-state index contributed by atoms with van der Waals surface area (Å²) in [5.41, 5.74) is 4.99. The molecule has 0 unspecified atom stereocenters. The van der Waals surface area contributed by atoms with Crippen molar-refractivity contribution in [3.63, 3.8) is 0 Å². The number of fused-ring (bicyclic) bond motifs is 1. The number of nitrogens with zero attached hydrogens (tertiary/aromatic N) is 2. The van der Waals surface area contributed by atoms with Gasteiger partial charge in [0.2, 0.25) is 0 Å². The van der Waals surface area contributed by atoms with Crippen molar-refractivity contribution in [1.29, 1.82) is 0 Å². The second kappa shape index (κ2) is 9.38. The van der Waals surface area contributed by atoms with E-state index in [1.165, 1.54) is 0 Å². The first-order valence-corrected chi connectivity index (χ1v) is 10.6. The summed E-state index contributed by atoms with van der Waals surface area (Å²) in [6, 6.07) is 20.5. The first-order chi connectivity index (χ1) is 15.0. The molecule has 0 saturated carbocycles. The number of para-hydroxylation sites is 1. The van der Waals surface area contributed by atoms with Gasteiger partial charge < -0.3 is 14.8 Å². The van der Waals surface area contributed by atoms with Gasteiger partial charge in [-0.3, -0.25) is 4.99 Å². The fourth-order valence-electron chi connectivity index (χ4n) is 3.58. The molecule has 0 radical (unpaired) electrons. The molecule has 0 N–H and O–H groups in total. The van der Waals surface area contributed by atoms with E-state index in [9.17, 15) is 9.90 Å². The number of carboxylic acids is 1. The molecular weight excluding hydrogens is 431 g/mol. The Morgan fingerprint density at radius 2 is 1.84 bits per heavy atom. The maximum Gasteiger partial charge on any atom is 0.0715 e. The number of benzene rings is 3. The number of aromatic carboxylic acids is 1. The third-order valence-corrected chi connectivity index (χ3v) is 5.83. The number of carboxylic acid groups (broad SMARTS) is 1. The van der Waals surface area contributed by atoms with E-state index in [2.05, 4.69) is 11.0 Å². The van der Waals surface area contributed by atoms with Crippen molar-refractivity contribution in [2.45, 2.75) is 6.54 Å². The molecule has 4 rings (SSSR count). The zero-order valence-corrected chi connectivity index (χ0v) is 18.1. The Labute approximate surface area is 191 Å². The van der Waals surface area contributed by atoms with Crippen molar-refractivity contribution in [2.24, 2.45) is 4.99 Å². The van der Waals surface area contributed by atoms with Crippen LogP contribution in [0.2, 0.25) is 10.0 Å². The first kappa shape index (κ1) is 21.2. The Morgan fingerprint density at radius 1 is 1.00 bits per heavy atom. The zero-order valence-electron chi connectivity index (χ0n) is 16.6. The molecule has 3 aromatic carbocycles. The minimum atomic E-state index is -1.17. The van der Waals surface area contributed by atoms with Gasteiger partial charge in [0.15, 0.2) is 0 Å². The Bertz CT molecular complexity index is 1190. The predicted molar refractivity (Wildman–Crippen MR) is 125 cm³/mol. The van der Waals surface area contributed by atoms with Crippen LogP contribution in [0.25, 0.3) is 6.08 Å². The summed E-state index contributed by atoms with van der Waals surface area (Å²) in [4.78, 5) is 18.2. The number of hydrogen-bond donors (Lipinski definition) is 0. The molecule has 0 saturated heterocycles. The summed E-state index contributed by atoms with van der Waals surface area (Å²) < 4.78 is 0. The van der Waals surface area contributed by atoms with Gasteiger partial charge in [0, 0.05) is 24.3 Å². The maximum absolute atomic E-state index is 11.2. The van der Waals surface area contributed by atoms with Crippen LogP contribution < -0.4 is 10.0 Å². The van der Waals surface area contributed by atoms with Crippen molar-refractivity contribution in [3.8, 4) is 0 Å². The van der Waals surface area contributed by atoms with Crippen molar-refractivity contribution >= 4 is 46.6 Å². The second-order valence-electron chi connectivity index (χ2n) is 7.20. The summed E-state index contributed by atoms with van der Waals surface area (Å²) in [7, 11) is 0.